The zero-order valence-corrected chi connectivity index (χ0v) is 17.9. The standard InChI is InChI=1S/C19H20BrClN2O3S/c1-13-16(21)5-4-6-17(13)22-19(24)18-7-2-3-12-23(18)27(25,26)15-10-8-14(20)9-11-15/h4-6,8-11,18H,2-3,7,12H2,1H3,(H,22,24)/t18-/m1/s1. The highest BCUT2D eigenvalue weighted by Gasteiger charge is 2.37. The third-order valence-corrected chi connectivity index (χ3v) is 7.56. The lowest BCUT2D eigenvalue weighted by Crippen LogP contribution is -2.49. The number of carbonyl (C=O) groups is 1. The van der Waals surface area contributed by atoms with Crippen molar-refractivity contribution >= 4 is 49.1 Å². The SMILES string of the molecule is Cc1c(Cl)cccc1NC(=O)[C@H]1CCCCN1S(=O)(=O)c1ccc(Br)cc1. The molecule has 5 nitrogen and oxygen atoms in total. The molecule has 0 aliphatic carbocycles. The molecule has 1 fully saturated rings. The molecule has 1 aliphatic rings. The summed E-state index contributed by atoms with van der Waals surface area (Å²) < 4.78 is 28.3. The number of hydrogen-bond acceptors (Lipinski definition) is 3. The molecular formula is C19H20BrClN2O3S. The van der Waals surface area contributed by atoms with E-state index in [-0.39, 0.29) is 10.8 Å². The first-order valence-corrected chi connectivity index (χ1v) is 11.2. The van der Waals surface area contributed by atoms with Crippen LogP contribution in [0.1, 0.15) is 24.8 Å². The minimum absolute atomic E-state index is 0.185. The van der Waals surface area contributed by atoms with Gasteiger partial charge in [0.2, 0.25) is 15.9 Å². The van der Waals surface area contributed by atoms with Crippen LogP contribution in [0, 0.1) is 6.92 Å². The van der Waals surface area contributed by atoms with E-state index >= 15 is 0 Å². The Morgan fingerprint density at radius 2 is 1.89 bits per heavy atom. The minimum Gasteiger partial charge on any atom is -0.324 e. The number of nitrogens with zero attached hydrogens (tertiary/aromatic N) is 1. The summed E-state index contributed by atoms with van der Waals surface area (Å²) in [6.07, 6.45) is 2.02. The molecule has 144 valence electrons. The summed E-state index contributed by atoms with van der Waals surface area (Å²) in [6, 6.07) is 11.0. The maximum absolute atomic E-state index is 13.1. The quantitative estimate of drug-likeness (QED) is 0.709. The average Bonchev–Trinajstić information content (AvgIpc) is 2.66. The van der Waals surface area contributed by atoms with Gasteiger partial charge in [0.15, 0.2) is 0 Å². The van der Waals surface area contributed by atoms with Gasteiger partial charge in [-0.05, 0) is 61.7 Å². The summed E-state index contributed by atoms with van der Waals surface area (Å²) in [5.74, 6) is -0.333. The van der Waals surface area contributed by atoms with Crippen molar-refractivity contribution in [1.82, 2.24) is 4.31 Å². The topological polar surface area (TPSA) is 66.5 Å². The van der Waals surface area contributed by atoms with Crippen LogP contribution in [-0.2, 0) is 14.8 Å². The molecule has 0 radical (unpaired) electrons. The van der Waals surface area contributed by atoms with E-state index in [0.29, 0.717) is 23.7 Å². The van der Waals surface area contributed by atoms with Gasteiger partial charge in [0.25, 0.3) is 0 Å². The number of anilines is 1. The third kappa shape index (κ3) is 4.37. The molecule has 8 heteroatoms. The molecule has 0 saturated carbocycles. The summed E-state index contributed by atoms with van der Waals surface area (Å²) in [4.78, 5) is 13.1. The first-order valence-electron chi connectivity index (χ1n) is 8.64. The average molecular weight is 472 g/mol. The summed E-state index contributed by atoms with van der Waals surface area (Å²) >= 11 is 9.43. The zero-order chi connectivity index (χ0) is 19.6. The molecule has 0 unspecified atom stereocenters. The van der Waals surface area contributed by atoms with Gasteiger partial charge < -0.3 is 5.32 Å². The maximum atomic E-state index is 13.1. The first kappa shape index (κ1) is 20.3. The van der Waals surface area contributed by atoms with Crippen LogP contribution in [0.3, 0.4) is 0 Å². The van der Waals surface area contributed by atoms with Gasteiger partial charge in [0.1, 0.15) is 6.04 Å². The number of nitrogens with one attached hydrogen (secondary N) is 1. The Morgan fingerprint density at radius 3 is 2.59 bits per heavy atom. The summed E-state index contributed by atoms with van der Waals surface area (Å²) in [6.45, 7) is 2.14. The van der Waals surface area contributed by atoms with E-state index in [9.17, 15) is 13.2 Å². The predicted molar refractivity (Wildman–Crippen MR) is 110 cm³/mol. The number of piperidine rings is 1. The largest absolute Gasteiger partial charge is 0.324 e. The van der Waals surface area contributed by atoms with Gasteiger partial charge in [-0.1, -0.05) is 40.0 Å². The second kappa shape index (κ2) is 8.31. The van der Waals surface area contributed by atoms with E-state index in [1.807, 2.05) is 6.92 Å². The molecule has 2 aromatic rings. The first-order chi connectivity index (χ1) is 12.8. The van der Waals surface area contributed by atoms with Crippen LogP contribution >= 0.6 is 27.5 Å². The van der Waals surface area contributed by atoms with Crippen molar-refractivity contribution in [2.24, 2.45) is 0 Å². The third-order valence-electron chi connectivity index (χ3n) is 4.70. The summed E-state index contributed by atoms with van der Waals surface area (Å²) in [5.41, 5.74) is 1.35. The van der Waals surface area contributed by atoms with E-state index in [0.717, 1.165) is 22.9 Å². The molecular weight excluding hydrogens is 452 g/mol. The molecule has 1 amide bonds. The molecule has 1 heterocycles. The second-order valence-electron chi connectivity index (χ2n) is 6.48. The fraction of sp³-hybridized carbons (Fsp3) is 0.316. The highest BCUT2D eigenvalue weighted by molar-refractivity contribution is 9.10. The van der Waals surface area contributed by atoms with E-state index in [4.69, 9.17) is 11.6 Å². The van der Waals surface area contributed by atoms with Crippen molar-refractivity contribution in [3.8, 4) is 0 Å². The Hall–Kier alpha value is -1.41. The minimum atomic E-state index is -3.76. The lowest BCUT2D eigenvalue weighted by atomic mass is 10.0. The van der Waals surface area contributed by atoms with Crippen molar-refractivity contribution in [3.63, 3.8) is 0 Å². The van der Waals surface area contributed by atoms with Crippen LogP contribution in [0.5, 0.6) is 0 Å². The lowest BCUT2D eigenvalue weighted by molar-refractivity contribution is -0.120. The van der Waals surface area contributed by atoms with Gasteiger partial charge >= 0.3 is 0 Å². The molecule has 3 rings (SSSR count). The molecule has 0 bridgehead atoms. The Kier molecular flexibility index (Phi) is 6.25. The van der Waals surface area contributed by atoms with Crippen LogP contribution in [0.15, 0.2) is 51.8 Å². The van der Waals surface area contributed by atoms with Crippen LogP contribution in [-0.4, -0.2) is 31.2 Å². The highest BCUT2D eigenvalue weighted by atomic mass is 79.9. The zero-order valence-electron chi connectivity index (χ0n) is 14.8. The van der Waals surface area contributed by atoms with E-state index in [1.165, 1.54) is 4.31 Å². The van der Waals surface area contributed by atoms with Crippen molar-refractivity contribution < 1.29 is 13.2 Å². The van der Waals surface area contributed by atoms with Crippen molar-refractivity contribution in [1.29, 1.82) is 0 Å². The van der Waals surface area contributed by atoms with Crippen LogP contribution in [0.4, 0.5) is 5.69 Å². The number of benzene rings is 2. The predicted octanol–water partition coefficient (Wildman–Crippen LogP) is 4.59. The number of sulfonamides is 1. The van der Waals surface area contributed by atoms with Gasteiger partial charge in [-0.15, -0.1) is 0 Å². The smallest absolute Gasteiger partial charge is 0.243 e. The number of amides is 1. The molecule has 0 aromatic heterocycles. The van der Waals surface area contributed by atoms with Gasteiger partial charge in [0, 0.05) is 21.7 Å². The number of halogens is 2. The summed E-state index contributed by atoms with van der Waals surface area (Å²) in [5, 5.41) is 3.40. The van der Waals surface area contributed by atoms with Crippen molar-refractivity contribution in [2.45, 2.75) is 37.1 Å². The van der Waals surface area contributed by atoms with E-state index in [2.05, 4.69) is 21.2 Å². The van der Waals surface area contributed by atoms with E-state index in [1.54, 1.807) is 42.5 Å². The maximum Gasteiger partial charge on any atom is 0.243 e. The fourth-order valence-corrected chi connectivity index (χ4v) is 5.25. The molecule has 27 heavy (non-hydrogen) atoms. The molecule has 1 saturated heterocycles. The normalized spacial score (nSPS) is 18.3. The van der Waals surface area contributed by atoms with Crippen LogP contribution < -0.4 is 5.32 Å². The second-order valence-corrected chi connectivity index (χ2v) is 9.70. The Bertz CT molecular complexity index is 948. The van der Waals surface area contributed by atoms with Gasteiger partial charge in [-0.25, -0.2) is 8.42 Å². The van der Waals surface area contributed by atoms with E-state index < -0.39 is 16.1 Å². The number of hydrogen-bond donors (Lipinski definition) is 1. The van der Waals surface area contributed by atoms with Crippen LogP contribution in [0.2, 0.25) is 5.02 Å². The molecule has 1 atom stereocenters. The molecule has 2 aromatic carbocycles. The number of carbonyl (C=O) groups excluding carboxylic acids is 1. The van der Waals surface area contributed by atoms with Gasteiger partial charge in [-0.2, -0.15) is 4.31 Å². The molecule has 1 aliphatic heterocycles. The van der Waals surface area contributed by atoms with Gasteiger partial charge in [-0.3, -0.25) is 4.79 Å². The Morgan fingerprint density at radius 1 is 1.19 bits per heavy atom. The van der Waals surface area contributed by atoms with Gasteiger partial charge in [0.05, 0.1) is 4.90 Å². The van der Waals surface area contributed by atoms with Crippen molar-refractivity contribution in [3.05, 3.63) is 57.5 Å². The Labute approximate surface area is 172 Å². The molecule has 1 N–H and O–H groups in total. The summed E-state index contributed by atoms with van der Waals surface area (Å²) in [7, 11) is -3.76. The van der Waals surface area contributed by atoms with Crippen LogP contribution in [0.25, 0.3) is 0 Å². The lowest BCUT2D eigenvalue weighted by Gasteiger charge is -2.33. The van der Waals surface area contributed by atoms with Crippen molar-refractivity contribution in [2.75, 3.05) is 11.9 Å². The fourth-order valence-electron chi connectivity index (χ4n) is 3.16. The molecule has 0 spiro atoms. The Balaban J connectivity index is 1.87. The number of rotatable bonds is 4. The highest BCUT2D eigenvalue weighted by Crippen LogP contribution is 2.28. The monoisotopic (exact) mass is 470 g/mol.